The topological polar surface area (TPSA) is 157 Å². The number of phenols is 1. The van der Waals surface area contributed by atoms with Crippen LogP contribution in [0.1, 0.15) is 23.1 Å². The fourth-order valence-electron chi connectivity index (χ4n) is 3.95. The van der Waals surface area contributed by atoms with Crippen LogP contribution in [0.25, 0.3) is 0 Å². The molecule has 4 amide bonds. The molecule has 0 spiro atoms. The molecule has 0 aliphatic heterocycles. The minimum absolute atomic E-state index is 0.115. The SMILES string of the molecule is O=C(CNC(=O)[C@H](Cc1ccccc1)NC(=O)[C@H](Cc1ccccc1)NC(=O)CCc1ccc(O)c(I)c1)NO. The van der Waals surface area contributed by atoms with E-state index in [0.29, 0.717) is 9.99 Å². The van der Waals surface area contributed by atoms with Crippen molar-refractivity contribution in [3.05, 3.63) is 99.1 Å². The van der Waals surface area contributed by atoms with Crippen molar-refractivity contribution in [2.45, 2.75) is 37.8 Å². The van der Waals surface area contributed by atoms with Crippen molar-refractivity contribution in [1.29, 1.82) is 0 Å². The number of amides is 4. The number of hydroxylamine groups is 1. The van der Waals surface area contributed by atoms with Gasteiger partial charge in [-0.2, -0.15) is 0 Å². The molecule has 0 unspecified atom stereocenters. The molecule has 40 heavy (non-hydrogen) atoms. The molecule has 3 aromatic carbocycles. The lowest BCUT2D eigenvalue weighted by molar-refractivity contribution is -0.134. The summed E-state index contributed by atoms with van der Waals surface area (Å²) in [5.74, 6) is -2.16. The van der Waals surface area contributed by atoms with Gasteiger partial charge in [-0.1, -0.05) is 66.7 Å². The summed E-state index contributed by atoms with van der Waals surface area (Å²) >= 11 is 2.01. The molecule has 210 valence electrons. The second kappa shape index (κ2) is 15.6. The van der Waals surface area contributed by atoms with Crippen molar-refractivity contribution in [3.8, 4) is 5.75 Å². The number of aryl methyl sites for hydroxylation is 1. The third-order valence-corrected chi connectivity index (χ3v) is 6.91. The van der Waals surface area contributed by atoms with Crippen LogP contribution in [0.3, 0.4) is 0 Å². The molecule has 6 N–H and O–H groups in total. The minimum atomic E-state index is -1.05. The van der Waals surface area contributed by atoms with Gasteiger partial charge >= 0.3 is 0 Å². The summed E-state index contributed by atoms with van der Waals surface area (Å²) in [5, 5.41) is 26.4. The summed E-state index contributed by atoms with van der Waals surface area (Å²) in [4.78, 5) is 50.7. The van der Waals surface area contributed by atoms with E-state index in [0.717, 1.165) is 16.7 Å². The van der Waals surface area contributed by atoms with E-state index in [-0.39, 0.29) is 30.9 Å². The third-order valence-electron chi connectivity index (χ3n) is 6.05. The highest BCUT2D eigenvalue weighted by molar-refractivity contribution is 14.1. The average Bonchev–Trinajstić information content (AvgIpc) is 2.96. The van der Waals surface area contributed by atoms with E-state index in [1.165, 1.54) is 5.48 Å². The first-order chi connectivity index (χ1) is 19.2. The number of hydrogen-bond acceptors (Lipinski definition) is 6. The third kappa shape index (κ3) is 9.97. The largest absolute Gasteiger partial charge is 0.507 e. The van der Waals surface area contributed by atoms with Crippen molar-refractivity contribution >= 4 is 46.2 Å². The van der Waals surface area contributed by atoms with Crippen LogP contribution in [0, 0.1) is 3.57 Å². The summed E-state index contributed by atoms with van der Waals surface area (Å²) < 4.78 is 0.677. The van der Waals surface area contributed by atoms with Crippen molar-refractivity contribution in [2.75, 3.05) is 6.54 Å². The van der Waals surface area contributed by atoms with Crippen LogP contribution in [0.5, 0.6) is 5.75 Å². The quantitative estimate of drug-likeness (QED) is 0.0938. The predicted octanol–water partition coefficient (Wildman–Crippen LogP) is 2.01. The van der Waals surface area contributed by atoms with Gasteiger partial charge in [0.2, 0.25) is 17.7 Å². The minimum Gasteiger partial charge on any atom is -0.507 e. The Morgan fingerprint density at radius 2 is 1.30 bits per heavy atom. The van der Waals surface area contributed by atoms with E-state index in [9.17, 15) is 24.3 Å². The molecule has 0 saturated carbocycles. The molecular weight excluding hydrogens is 627 g/mol. The van der Waals surface area contributed by atoms with E-state index in [2.05, 4.69) is 16.0 Å². The average molecular weight is 658 g/mol. The molecule has 3 aromatic rings. The van der Waals surface area contributed by atoms with Gasteiger partial charge in [-0.3, -0.25) is 24.4 Å². The zero-order valence-electron chi connectivity index (χ0n) is 21.6. The van der Waals surface area contributed by atoms with E-state index in [1.807, 2.05) is 59.0 Å². The fraction of sp³-hybridized carbons (Fsp3) is 0.241. The van der Waals surface area contributed by atoms with Crippen molar-refractivity contribution < 1.29 is 29.5 Å². The molecule has 11 heteroatoms. The molecule has 0 radical (unpaired) electrons. The zero-order chi connectivity index (χ0) is 28.9. The van der Waals surface area contributed by atoms with Gasteiger partial charge in [0.05, 0.1) is 10.1 Å². The summed E-state index contributed by atoms with van der Waals surface area (Å²) in [6.07, 6.45) is 0.865. The highest BCUT2D eigenvalue weighted by Crippen LogP contribution is 2.21. The Morgan fingerprint density at radius 1 is 0.725 bits per heavy atom. The van der Waals surface area contributed by atoms with Crippen LogP contribution < -0.4 is 21.4 Å². The first-order valence-corrected chi connectivity index (χ1v) is 13.7. The van der Waals surface area contributed by atoms with Crippen LogP contribution in [0.4, 0.5) is 0 Å². The lowest BCUT2D eigenvalue weighted by Crippen LogP contribution is -2.55. The second-order valence-corrected chi connectivity index (χ2v) is 10.3. The number of carbonyl (C=O) groups is 4. The predicted molar refractivity (Wildman–Crippen MR) is 156 cm³/mol. The van der Waals surface area contributed by atoms with Crippen molar-refractivity contribution in [1.82, 2.24) is 21.4 Å². The molecule has 0 aromatic heterocycles. The van der Waals surface area contributed by atoms with E-state index < -0.39 is 36.3 Å². The number of nitrogens with one attached hydrogen (secondary N) is 4. The molecule has 2 atom stereocenters. The van der Waals surface area contributed by atoms with Gasteiger partial charge in [0.25, 0.3) is 5.91 Å². The molecule has 0 fully saturated rings. The van der Waals surface area contributed by atoms with Crippen LogP contribution in [-0.2, 0) is 38.4 Å². The van der Waals surface area contributed by atoms with E-state index >= 15 is 0 Å². The maximum absolute atomic E-state index is 13.5. The number of halogens is 1. The van der Waals surface area contributed by atoms with Gasteiger partial charge in [-0.15, -0.1) is 0 Å². The van der Waals surface area contributed by atoms with E-state index in [4.69, 9.17) is 5.21 Å². The molecule has 0 bridgehead atoms. The summed E-state index contributed by atoms with van der Waals surface area (Å²) in [6, 6.07) is 21.3. The summed E-state index contributed by atoms with van der Waals surface area (Å²) in [5.41, 5.74) is 3.91. The normalized spacial score (nSPS) is 12.1. The molecule has 0 heterocycles. The molecule has 0 saturated heterocycles. The Labute approximate surface area is 245 Å². The van der Waals surface area contributed by atoms with Crippen LogP contribution in [0.2, 0.25) is 0 Å². The first-order valence-electron chi connectivity index (χ1n) is 12.6. The molecule has 10 nitrogen and oxygen atoms in total. The van der Waals surface area contributed by atoms with Crippen molar-refractivity contribution in [2.24, 2.45) is 0 Å². The molecule has 0 aliphatic rings. The Kier molecular flexibility index (Phi) is 11.9. The number of benzene rings is 3. The molecule has 3 rings (SSSR count). The molecular formula is C29H31IN4O6. The summed E-state index contributed by atoms with van der Waals surface area (Å²) in [7, 11) is 0. The lowest BCUT2D eigenvalue weighted by Gasteiger charge is -2.23. The van der Waals surface area contributed by atoms with Gasteiger partial charge in [0, 0.05) is 19.3 Å². The smallest absolute Gasteiger partial charge is 0.262 e. The highest BCUT2D eigenvalue weighted by atomic mass is 127. The Hall–Kier alpha value is -3.97. The highest BCUT2D eigenvalue weighted by Gasteiger charge is 2.27. The van der Waals surface area contributed by atoms with Crippen LogP contribution in [0.15, 0.2) is 78.9 Å². The number of aromatic hydroxyl groups is 1. The lowest BCUT2D eigenvalue weighted by atomic mass is 10.0. The zero-order valence-corrected chi connectivity index (χ0v) is 23.8. The summed E-state index contributed by atoms with van der Waals surface area (Å²) in [6.45, 7) is -0.475. The Morgan fingerprint density at radius 3 is 1.85 bits per heavy atom. The fourth-order valence-corrected chi connectivity index (χ4v) is 4.53. The Balaban J connectivity index is 1.74. The number of hydrogen-bond donors (Lipinski definition) is 6. The van der Waals surface area contributed by atoms with Gasteiger partial charge in [0.1, 0.15) is 17.8 Å². The first kappa shape index (κ1) is 30.6. The standard InChI is InChI=1S/C29H31IN4O6/c30-22-15-21(11-13-25(22)35)12-14-26(36)32-24(17-20-9-5-2-6-10-20)29(39)33-23(16-19-7-3-1-4-8-19)28(38)31-18-27(37)34-40/h1-11,13,15,23-24,35,40H,12,14,16-18H2,(H,31,38)(H,32,36)(H,33,39)(H,34,37)/t23-,24-/m0/s1. The number of rotatable bonds is 13. The van der Waals surface area contributed by atoms with Gasteiger partial charge in [-0.25, -0.2) is 5.48 Å². The van der Waals surface area contributed by atoms with Gasteiger partial charge in [-0.05, 0) is 57.8 Å². The van der Waals surface area contributed by atoms with Crippen molar-refractivity contribution in [3.63, 3.8) is 0 Å². The van der Waals surface area contributed by atoms with Crippen LogP contribution >= 0.6 is 22.6 Å². The molecule has 0 aliphatic carbocycles. The monoisotopic (exact) mass is 658 g/mol. The number of phenolic OH excluding ortho intramolecular Hbond substituents is 1. The van der Waals surface area contributed by atoms with Gasteiger partial charge in [0.15, 0.2) is 0 Å². The Bertz CT molecular complexity index is 1310. The van der Waals surface area contributed by atoms with E-state index in [1.54, 1.807) is 42.5 Å². The maximum Gasteiger partial charge on any atom is 0.262 e. The van der Waals surface area contributed by atoms with Crippen LogP contribution in [-0.4, -0.2) is 52.6 Å². The maximum atomic E-state index is 13.5. The second-order valence-electron chi connectivity index (χ2n) is 9.10. The number of carbonyl (C=O) groups excluding carboxylic acids is 4. The van der Waals surface area contributed by atoms with Gasteiger partial charge < -0.3 is 21.1 Å².